The van der Waals surface area contributed by atoms with Crippen LogP contribution in [0, 0.1) is 0 Å². The molecule has 1 aliphatic heterocycles. The Morgan fingerprint density at radius 1 is 1.14 bits per heavy atom. The molecule has 3 heterocycles. The number of nitrogens with one attached hydrogen (secondary N) is 1. The van der Waals surface area contributed by atoms with Crippen molar-refractivity contribution in [1.29, 1.82) is 0 Å². The lowest BCUT2D eigenvalue weighted by molar-refractivity contribution is -0.130. The van der Waals surface area contributed by atoms with Gasteiger partial charge >= 0.3 is 0 Å². The number of nitrogens with zero attached hydrogens (tertiary/aromatic N) is 3. The predicted octanol–water partition coefficient (Wildman–Crippen LogP) is 4.98. The van der Waals surface area contributed by atoms with Crippen LogP contribution in [0.5, 0.6) is 5.75 Å². The minimum Gasteiger partial charge on any atom is -0.497 e. The molecule has 1 amide bonds. The third-order valence-electron chi connectivity index (χ3n) is 5.59. The van der Waals surface area contributed by atoms with E-state index < -0.39 is 0 Å². The lowest BCUT2D eigenvalue weighted by Crippen LogP contribution is -2.28. The highest BCUT2D eigenvalue weighted by molar-refractivity contribution is 7.99. The monoisotopic (exact) mass is 502 g/mol. The van der Waals surface area contributed by atoms with E-state index in [2.05, 4.69) is 9.97 Å². The molecule has 0 bridgehead atoms. The zero-order chi connectivity index (χ0) is 24.2. The van der Waals surface area contributed by atoms with Crippen LogP contribution in [0.3, 0.4) is 0 Å². The van der Waals surface area contributed by atoms with Gasteiger partial charge in [0.25, 0.3) is 11.5 Å². The molecule has 176 valence electrons. The van der Waals surface area contributed by atoms with Gasteiger partial charge in [-0.2, -0.15) is 5.10 Å². The van der Waals surface area contributed by atoms with Crippen molar-refractivity contribution < 1.29 is 9.53 Å². The maximum absolute atomic E-state index is 13.3. The standard InChI is InChI=1S/C26H22N4O3S2/c1-33-19-11-9-18(10-12-19)22-14-21(23-8-5-13-34-23)29-30(22)25(32)16-35-26-27-20(15-24(31)28-26)17-6-3-2-4-7-17/h2-13,15,22H,14,16H2,1H3,(H,27,28,31). The van der Waals surface area contributed by atoms with Crippen LogP contribution < -0.4 is 10.3 Å². The molecule has 1 aliphatic rings. The third kappa shape index (κ3) is 5.21. The van der Waals surface area contributed by atoms with E-state index in [1.165, 1.54) is 17.8 Å². The summed E-state index contributed by atoms with van der Waals surface area (Å²) >= 11 is 2.80. The first-order valence-corrected chi connectivity index (χ1v) is 12.8. The van der Waals surface area contributed by atoms with Crippen LogP contribution in [0.1, 0.15) is 22.9 Å². The number of ether oxygens (including phenoxy) is 1. The number of carbonyl (C=O) groups is 1. The van der Waals surface area contributed by atoms with Gasteiger partial charge in [0.15, 0.2) is 5.16 Å². The Labute approximate surface area is 210 Å². The number of aromatic nitrogens is 2. The summed E-state index contributed by atoms with van der Waals surface area (Å²) in [5.74, 6) is 0.692. The number of rotatable bonds is 7. The van der Waals surface area contributed by atoms with Crippen LogP contribution in [0.25, 0.3) is 11.3 Å². The highest BCUT2D eigenvalue weighted by atomic mass is 32.2. The van der Waals surface area contributed by atoms with E-state index in [0.717, 1.165) is 27.5 Å². The predicted molar refractivity (Wildman–Crippen MR) is 139 cm³/mol. The van der Waals surface area contributed by atoms with Crippen molar-refractivity contribution >= 4 is 34.7 Å². The molecule has 0 saturated carbocycles. The molecule has 1 unspecified atom stereocenters. The number of benzene rings is 2. The van der Waals surface area contributed by atoms with E-state index in [0.29, 0.717) is 17.3 Å². The zero-order valence-corrected chi connectivity index (χ0v) is 20.5. The molecular formula is C26H22N4O3S2. The second kappa shape index (κ2) is 10.3. The number of thioether (sulfide) groups is 1. The van der Waals surface area contributed by atoms with Crippen LogP contribution in [0.2, 0.25) is 0 Å². The number of H-pyrrole nitrogens is 1. The molecule has 0 spiro atoms. The first-order chi connectivity index (χ1) is 17.1. The Kier molecular flexibility index (Phi) is 6.78. The molecular weight excluding hydrogens is 480 g/mol. The van der Waals surface area contributed by atoms with Crippen molar-refractivity contribution in [3.8, 4) is 17.0 Å². The van der Waals surface area contributed by atoms with Gasteiger partial charge in [-0.3, -0.25) is 9.59 Å². The fourth-order valence-electron chi connectivity index (χ4n) is 3.87. The number of amides is 1. The van der Waals surface area contributed by atoms with Crippen LogP contribution in [-0.4, -0.2) is 39.5 Å². The largest absolute Gasteiger partial charge is 0.497 e. The molecule has 0 radical (unpaired) electrons. The number of thiophene rings is 1. The van der Waals surface area contributed by atoms with Gasteiger partial charge in [-0.1, -0.05) is 60.3 Å². The normalized spacial score (nSPS) is 15.2. The molecule has 7 nitrogen and oxygen atoms in total. The van der Waals surface area contributed by atoms with Gasteiger partial charge in [-0.25, -0.2) is 9.99 Å². The van der Waals surface area contributed by atoms with Crippen molar-refractivity contribution in [3.05, 3.63) is 99.0 Å². The van der Waals surface area contributed by atoms with Crippen molar-refractivity contribution in [2.45, 2.75) is 17.6 Å². The van der Waals surface area contributed by atoms with Gasteiger partial charge in [0, 0.05) is 18.1 Å². The minimum atomic E-state index is -0.260. The van der Waals surface area contributed by atoms with Gasteiger partial charge in [0.2, 0.25) is 0 Å². The van der Waals surface area contributed by atoms with E-state index in [9.17, 15) is 9.59 Å². The van der Waals surface area contributed by atoms with Gasteiger partial charge in [0.1, 0.15) is 5.75 Å². The third-order valence-corrected chi connectivity index (χ3v) is 7.37. The van der Waals surface area contributed by atoms with Gasteiger partial charge in [-0.15, -0.1) is 11.3 Å². The Morgan fingerprint density at radius 3 is 2.66 bits per heavy atom. The zero-order valence-electron chi connectivity index (χ0n) is 18.9. The minimum absolute atomic E-state index is 0.0923. The van der Waals surface area contributed by atoms with E-state index >= 15 is 0 Å². The van der Waals surface area contributed by atoms with Crippen molar-refractivity contribution in [1.82, 2.24) is 15.0 Å². The first-order valence-electron chi connectivity index (χ1n) is 11.0. The smallest absolute Gasteiger partial charge is 0.253 e. The summed E-state index contributed by atoms with van der Waals surface area (Å²) in [5, 5.41) is 8.66. The molecule has 5 rings (SSSR count). The number of hydrogen-bond acceptors (Lipinski definition) is 7. The van der Waals surface area contributed by atoms with Crippen molar-refractivity contribution in [2.75, 3.05) is 12.9 Å². The Morgan fingerprint density at radius 2 is 1.94 bits per heavy atom. The summed E-state index contributed by atoms with van der Waals surface area (Å²) in [4.78, 5) is 33.9. The summed E-state index contributed by atoms with van der Waals surface area (Å²) in [6.07, 6.45) is 0.627. The van der Waals surface area contributed by atoms with Gasteiger partial charge < -0.3 is 9.72 Å². The summed E-state index contributed by atoms with van der Waals surface area (Å²) in [7, 11) is 1.63. The fourth-order valence-corrected chi connectivity index (χ4v) is 5.32. The summed E-state index contributed by atoms with van der Waals surface area (Å²) in [5.41, 5.74) is 3.02. The molecule has 2 aromatic heterocycles. The second-order valence-electron chi connectivity index (χ2n) is 7.85. The van der Waals surface area contributed by atoms with Crippen LogP contribution >= 0.6 is 23.1 Å². The van der Waals surface area contributed by atoms with Gasteiger partial charge in [-0.05, 0) is 29.1 Å². The number of carbonyl (C=O) groups excluding carboxylic acids is 1. The maximum atomic E-state index is 13.3. The van der Waals surface area contributed by atoms with E-state index in [1.54, 1.807) is 23.5 Å². The van der Waals surface area contributed by atoms with E-state index in [-0.39, 0.29) is 23.3 Å². The SMILES string of the molecule is COc1ccc(C2CC(c3cccs3)=NN2C(=O)CSc2nc(-c3ccccc3)cc(=O)[nH]2)cc1. The quantitative estimate of drug-likeness (QED) is 0.285. The first kappa shape index (κ1) is 23.1. The summed E-state index contributed by atoms with van der Waals surface area (Å²) < 4.78 is 5.28. The highest BCUT2D eigenvalue weighted by Gasteiger charge is 2.33. The number of methoxy groups -OCH3 is 1. The van der Waals surface area contributed by atoms with Crippen LogP contribution in [-0.2, 0) is 4.79 Å². The fraction of sp³-hybridized carbons (Fsp3) is 0.154. The number of hydrogen-bond donors (Lipinski definition) is 1. The molecule has 0 fully saturated rings. The van der Waals surface area contributed by atoms with Crippen LogP contribution in [0.15, 0.2) is 93.2 Å². The lowest BCUT2D eigenvalue weighted by atomic mass is 10.0. The Balaban J connectivity index is 1.37. The molecule has 1 atom stereocenters. The molecule has 35 heavy (non-hydrogen) atoms. The Bertz CT molecular complexity index is 1400. The topological polar surface area (TPSA) is 87.7 Å². The lowest BCUT2D eigenvalue weighted by Gasteiger charge is -2.22. The average Bonchev–Trinajstić information content (AvgIpc) is 3.58. The summed E-state index contributed by atoms with van der Waals surface area (Å²) in [6, 6.07) is 22.4. The molecule has 4 aromatic rings. The maximum Gasteiger partial charge on any atom is 0.253 e. The second-order valence-corrected chi connectivity index (χ2v) is 9.76. The average molecular weight is 503 g/mol. The van der Waals surface area contributed by atoms with Crippen LogP contribution in [0.4, 0.5) is 0 Å². The highest BCUT2D eigenvalue weighted by Crippen LogP contribution is 2.35. The molecule has 9 heteroatoms. The molecule has 1 N–H and O–H groups in total. The Hall–Kier alpha value is -3.69. The number of hydrazone groups is 1. The van der Waals surface area contributed by atoms with E-state index in [4.69, 9.17) is 9.84 Å². The van der Waals surface area contributed by atoms with Gasteiger partial charge in [0.05, 0.1) is 35.2 Å². The van der Waals surface area contributed by atoms with Crippen molar-refractivity contribution in [3.63, 3.8) is 0 Å². The number of aromatic amines is 1. The molecule has 0 saturated heterocycles. The van der Waals surface area contributed by atoms with Crippen molar-refractivity contribution in [2.24, 2.45) is 5.10 Å². The molecule has 0 aliphatic carbocycles. The summed E-state index contributed by atoms with van der Waals surface area (Å²) in [6.45, 7) is 0. The van der Waals surface area contributed by atoms with E-state index in [1.807, 2.05) is 72.1 Å². The molecule has 2 aromatic carbocycles.